The largest absolute Gasteiger partial charge is 0.496 e. The minimum absolute atomic E-state index is 0. The van der Waals surface area contributed by atoms with Crippen molar-refractivity contribution in [3.05, 3.63) is 53.7 Å². The lowest BCUT2D eigenvalue weighted by atomic mass is 10.2. The molecule has 0 aliphatic carbocycles. The Labute approximate surface area is 203 Å². The molecule has 0 bridgehead atoms. The molecule has 2 aromatic rings. The van der Waals surface area contributed by atoms with E-state index in [1.165, 1.54) is 0 Å². The zero-order valence-electron chi connectivity index (χ0n) is 19.0. The Balaban J connectivity index is 0.00000341. The number of likely N-dealkylation sites (N-methyl/N-ethyl adjacent to an activating group) is 1. The van der Waals surface area contributed by atoms with Crippen LogP contribution in [-0.4, -0.2) is 74.7 Å². The molecule has 0 atom stereocenters. The number of benzene rings is 1. The fraction of sp³-hybridized carbons (Fsp3) is 0.478. The number of para-hydroxylation sites is 1. The minimum Gasteiger partial charge on any atom is -0.496 e. The third-order valence-electron chi connectivity index (χ3n) is 5.37. The molecule has 1 N–H and O–H groups in total. The Kier molecular flexibility index (Phi) is 10.3. The molecule has 0 radical (unpaired) electrons. The third kappa shape index (κ3) is 6.96. The highest BCUT2D eigenvalue weighted by molar-refractivity contribution is 14.0. The van der Waals surface area contributed by atoms with Gasteiger partial charge in [0, 0.05) is 63.6 Å². The van der Waals surface area contributed by atoms with E-state index in [0.717, 1.165) is 61.4 Å². The van der Waals surface area contributed by atoms with Gasteiger partial charge in [0.25, 0.3) is 0 Å². The zero-order chi connectivity index (χ0) is 21.3. The highest BCUT2D eigenvalue weighted by Crippen LogP contribution is 2.21. The van der Waals surface area contributed by atoms with Crippen LogP contribution in [-0.2, 0) is 13.1 Å². The Hall–Kier alpha value is -2.07. The average molecular weight is 538 g/mol. The summed E-state index contributed by atoms with van der Waals surface area (Å²) in [7, 11) is 5.93. The van der Waals surface area contributed by atoms with Crippen LogP contribution >= 0.6 is 24.0 Å². The summed E-state index contributed by atoms with van der Waals surface area (Å²) in [5, 5.41) is 3.41. The van der Waals surface area contributed by atoms with Crippen LogP contribution in [0.2, 0.25) is 0 Å². The van der Waals surface area contributed by atoms with Crippen molar-refractivity contribution in [3.8, 4) is 5.75 Å². The van der Waals surface area contributed by atoms with E-state index >= 15 is 0 Å². The van der Waals surface area contributed by atoms with Gasteiger partial charge in [-0.25, -0.2) is 9.98 Å². The molecule has 3 rings (SSSR count). The van der Waals surface area contributed by atoms with Crippen LogP contribution in [0.4, 0.5) is 5.82 Å². The van der Waals surface area contributed by atoms with E-state index in [1.807, 2.05) is 30.5 Å². The van der Waals surface area contributed by atoms with Crippen molar-refractivity contribution in [2.75, 3.05) is 58.8 Å². The Morgan fingerprint density at radius 1 is 1.13 bits per heavy atom. The van der Waals surface area contributed by atoms with Gasteiger partial charge in [0.05, 0.1) is 13.7 Å². The van der Waals surface area contributed by atoms with Gasteiger partial charge in [-0.05, 0) is 26.1 Å². The lowest BCUT2D eigenvalue weighted by molar-refractivity contribution is 0.312. The maximum atomic E-state index is 5.50. The smallest absolute Gasteiger partial charge is 0.194 e. The van der Waals surface area contributed by atoms with Gasteiger partial charge in [-0.15, -0.1) is 24.0 Å². The number of pyridine rings is 1. The van der Waals surface area contributed by atoms with E-state index in [9.17, 15) is 0 Å². The Morgan fingerprint density at radius 3 is 2.55 bits per heavy atom. The average Bonchev–Trinajstić information content (AvgIpc) is 2.77. The van der Waals surface area contributed by atoms with Gasteiger partial charge < -0.3 is 24.8 Å². The summed E-state index contributed by atoms with van der Waals surface area (Å²) in [6.07, 6.45) is 1.87. The maximum Gasteiger partial charge on any atom is 0.194 e. The van der Waals surface area contributed by atoms with Gasteiger partial charge in [-0.1, -0.05) is 24.3 Å². The number of nitrogens with zero attached hydrogens (tertiary/aromatic N) is 5. The predicted octanol–water partition coefficient (Wildman–Crippen LogP) is 3.06. The normalized spacial score (nSPS) is 14.7. The molecule has 1 fully saturated rings. The number of hydrogen-bond donors (Lipinski definition) is 1. The number of anilines is 1. The second kappa shape index (κ2) is 12.7. The monoisotopic (exact) mass is 538 g/mol. The molecule has 7 nitrogen and oxygen atoms in total. The van der Waals surface area contributed by atoms with E-state index in [1.54, 1.807) is 7.11 Å². The summed E-state index contributed by atoms with van der Waals surface area (Å²) in [5.41, 5.74) is 2.29. The van der Waals surface area contributed by atoms with Gasteiger partial charge in [0.1, 0.15) is 11.6 Å². The number of ether oxygens (including phenoxy) is 1. The van der Waals surface area contributed by atoms with Crippen molar-refractivity contribution in [1.82, 2.24) is 20.1 Å². The van der Waals surface area contributed by atoms with Crippen molar-refractivity contribution < 1.29 is 4.74 Å². The summed E-state index contributed by atoms with van der Waals surface area (Å²) in [6.45, 7) is 8.32. The van der Waals surface area contributed by atoms with E-state index < -0.39 is 0 Å². The molecule has 0 amide bonds. The highest BCUT2D eigenvalue weighted by atomic mass is 127. The molecule has 0 saturated carbocycles. The van der Waals surface area contributed by atoms with Crippen LogP contribution in [0.3, 0.4) is 0 Å². The number of aliphatic imine (C=N–C) groups is 1. The number of aromatic nitrogens is 1. The lowest BCUT2D eigenvalue weighted by Crippen LogP contribution is -2.45. The van der Waals surface area contributed by atoms with Crippen molar-refractivity contribution in [1.29, 1.82) is 0 Å². The molecular formula is C23H35IN6O. The Bertz CT molecular complexity index is 838. The first-order valence-electron chi connectivity index (χ1n) is 10.6. The van der Waals surface area contributed by atoms with E-state index in [0.29, 0.717) is 13.1 Å². The van der Waals surface area contributed by atoms with Crippen LogP contribution < -0.4 is 15.0 Å². The number of guanidine groups is 1. The van der Waals surface area contributed by atoms with Crippen LogP contribution in [0.25, 0.3) is 0 Å². The van der Waals surface area contributed by atoms with Gasteiger partial charge in [-0.3, -0.25) is 0 Å². The number of nitrogens with one attached hydrogen (secondary N) is 1. The van der Waals surface area contributed by atoms with E-state index in [-0.39, 0.29) is 24.0 Å². The van der Waals surface area contributed by atoms with Crippen LogP contribution in [0.5, 0.6) is 5.75 Å². The standard InChI is InChI=1S/C23H34N6O.HI/c1-5-24-23(28(3)18-20-9-6-7-11-21(20)30-4)26-17-19-10-8-12-25-22(19)29-15-13-27(2)14-16-29;/h6-12H,5,13-18H2,1-4H3,(H,24,26);1H. The molecule has 2 heterocycles. The topological polar surface area (TPSA) is 56.2 Å². The summed E-state index contributed by atoms with van der Waals surface area (Å²) in [4.78, 5) is 16.5. The second-order valence-corrected chi connectivity index (χ2v) is 7.61. The molecule has 0 spiro atoms. The van der Waals surface area contributed by atoms with Crippen molar-refractivity contribution >= 4 is 35.8 Å². The lowest BCUT2D eigenvalue weighted by Gasteiger charge is -2.34. The van der Waals surface area contributed by atoms with Gasteiger partial charge in [-0.2, -0.15) is 0 Å². The number of hydrogen-bond acceptors (Lipinski definition) is 5. The number of halogens is 1. The van der Waals surface area contributed by atoms with Gasteiger partial charge >= 0.3 is 0 Å². The molecule has 8 heteroatoms. The SMILES string of the molecule is CCNC(=NCc1cccnc1N1CCN(C)CC1)N(C)Cc1ccccc1OC.I. The molecule has 1 aliphatic heterocycles. The summed E-state index contributed by atoms with van der Waals surface area (Å²) in [5.74, 6) is 2.82. The zero-order valence-corrected chi connectivity index (χ0v) is 21.4. The fourth-order valence-electron chi connectivity index (χ4n) is 3.65. The summed E-state index contributed by atoms with van der Waals surface area (Å²) < 4.78 is 5.50. The highest BCUT2D eigenvalue weighted by Gasteiger charge is 2.18. The molecule has 1 aromatic heterocycles. The molecule has 170 valence electrons. The quantitative estimate of drug-likeness (QED) is 0.333. The summed E-state index contributed by atoms with van der Waals surface area (Å²) >= 11 is 0. The van der Waals surface area contributed by atoms with Crippen LogP contribution in [0.15, 0.2) is 47.6 Å². The Morgan fingerprint density at radius 2 is 1.84 bits per heavy atom. The van der Waals surface area contributed by atoms with Gasteiger partial charge in [0.15, 0.2) is 5.96 Å². The van der Waals surface area contributed by atoms with E-state index in [4.69, 9.17) is 9.73 Å². The number of piperazine rings is 1. The van der Waals surface area contributed by atoms with Crippen molar-refractivity contribution in [2.45, 2.75) is 20.0 Å². The first-order chi connectivity index (χ1) is 14.6. The second-order valence-electron chi connectivity index (χ2n) is 7.61. The molecule has 31 heavy (non-hydrogen) atoms. The van der Waals surface area contributed by atoms with Crippen molar-refractivity contribution in [3.63, 3.8) is 0 Å². The van der Waals surface area contributed by atoms with Crippen LogP contribution in [0, 0.1) is 0 Å². The first-order valence-corrected chi connectivity index (χ1v) is 10.6. The maximum absolute atomic E-state index is 5.50. The third-order valence-corrected chi connectivity index (χ3v) is 5.37. The van der Waals surface area contributed by atoms with E-state index in [2.05, 4.69) is 58.2 Å². The van der Waals surface area contributed by atoms with Crippen LogP contribution in [0.1, 0.15) is 18.1 Å². The summed E-state index contributed by atoms with van der Waals surface area (Å²) in [6, 6.07) is 12.2. The molecule has 1 aromatic carbocycles. The first kappa shape index (κ1) is 25.2. The predicted molar refractivity (Wildman–Crippen MR) is 139 cm³/mol. The minimum atomic E-state index is 0. The van der Waals surface area contributed by atoms with Crippen molar-refractivity contribution in [2.24, 2.45) is 4.99 Å². The molecule has 1 aliphatic rings. The fourth-order valence-corrected chi connectivity index (χ4v) is 3.65. The van der Waals surface area contributed by atoms with Gasteiger partial charge in [0.2, 0.25) is 0 Å². The number of rotatable bonds is 7. The number of methoxy groups -OCH3 is 1. The molecular weight excluding hydrogens is 503 g/mol. The molecule has 1 saturated heterocycles. The molecule has 0 unspecified atom stereocenters.